The number of aryl methyl sites for hydroxylation is 2. The monoisotopic (exact) mass is 339 g/mol. The molecule has 0 bridgehead atoms. The molecule has 2 heterocycles. The summed E-state index contributed by atoms with van der Waals surface area (Å²) in [5.41, 5.74) is 3.47. The van der Waals surface area contributed by atoms with E-state index in [9.17, 15) is 0 Å². The van der Waals surface area contributed by atoms with Gasteiger partial charge in [0, 0.05) is 24.8 Å². The standard InChI is InChI=1S/C14H22BrN5/c1-6-12-10(8-19(5)18-12)13(16-4)14-11(15)7-17-20(14)9(2)3/h7-9,13,16H,6H2,1-5H3. The van der Waals surface area contributed by atoms with Gasteiger partial charge < -0.3 is 5.32 Å². The fourth-order valence-corrected chi connectivity index (χ4v) is 3.04. The summed E-state index contributed by atoms with van der Waals surface area (Å²) in [7, 11) is 3.94. The molecule has 1 atom stereocenters. The van der Waals surface area contributed by atoms with E-state index in [0.717, 1.165) is 22.3 Å². The number of aromatic nitrogens is 4. The van der Waals surface area contributed by atoms with Crippen molar-refractivity contribution in [3.05, 3.63) is 33.8 Å². The molecule has 0 fully saturated rings. The summed E-state index contributed by atoms with van der Waals surface area (Å²) in [6.07, 6.45) is 4.87. The smallest absolute Gasteiger partial charge is 0.0791 e. The minimum absolute atomic E-state index is 0.0814. The maximum Gasteiger partial charge on any atom is 0.0791 e. The molecule has 0 aromatic carbocycles. The summed E-state index contributed by atoms with van der Waals surface area (Å²) in [6, 6.07) is 0.395. The van der Waals surface area contributed by atoms with Crippen molar-refractivity contribution in [2.45, 2.75) is 39.3 Å². The molecule has 0 radical (unpaired) electrons. The number of nitrogens with one attached hydrogen (secondary N) is 1. The molecule has 0 spiro atoms. The largest absolute Gasteiger partial charge is 0.308 e. The molecule has 0 aliphatic heterocycles. The summed E-state index contributed by atoms with van der Waals surface area (Å²) in [5, 5.41) is 12.4. The van der Waals surface area contributed by atoms with Gasteiger partial charge in [-0.05, 0) is 43.2 Å². The summed E-state index contributed by atoms with van der Waals surface area (Å²) in [4.78, 5) is 0. The fourth-order valence-electron chi connectivity index (χ4n) is 2.54. The van der Waals surface area contributed by atoms with E-state index < -0.39 is 0 Å². The van der Waals surface area contributed by atoms with Crippen molar-refractivity contribution in [1.29, 1.82) is 0 Å². The minimum atomic E-state index is 0.0814. The van der Waals surface area contributed by atoms with Crippen LogP contribution in [-0.4, -0.2) is 26.6 Å². The second-order valence-electron chi connectivity index (χ2n) is 5.20. The highest BCUT2D eigenvalue weighted by Gasteiger charge is 2.25. The summed E-state index contributed by atoms with van der Waals surface area (Å²) in [5.74, 6) is 0. The molecule has 20 heavy (non-hydrogen) atoms. The normalized spacial score (nSPS) is 13.2. The molecular formula is C14H22BrN5. The summed E-state index contributed by atoms with van der Waals surface area (Å²) in [6.45, 7) is 6.41. The number of rotatable bonds is 5. The Balaban J connectivity index is 2.55. The minimum Gasteiger partial charge on any atom is -0.308 e. The van der Waals surface area contributed by atoms with Crippen LogP contribution in [0.2, 0.25) is 0 Å². The number of hydrogen-bond acceptors (Lipinski definition) is 3. The number of halogens is 1. The molecule has 2 aromatic heterocycles. The van der Waals surface area contributed by atoms with Gasteiger partial charge in [0.1, 0.15) is 0 Å². The van der Waals surface area contributed by atoms with E-state index in [2.05, 4.69) is 63.1 Å². The number of hydrogen-bond donors (Lipinski definition) is 1. The van der Waals surface area contributed by atoms with Crippen LogP contribution in [-0.2, 0) is 13.5 Å². The van der Waals surface area contributed by atoms with Gasteiger partial charge in [-0.25, -0.2) is 0 Å². The van der Waals surface area contributed by atoms with Crippen molar-refractivity contribution >= 4 is 15.9 Å². The van der Waals surface area contributed by atoms with Gasteiger partial charge in [-0.1, -0.05) is 6.92 Å². The van der Waals surface area contributed by atoms with Crippen LogP contribution >= 0.6 is 15.9 Å². The Labute approximate surface area is 128 Å². The Morgan fingerprint density at radius 3 is 2.65 bits per heavy atom. The van der Waals surface area contributed by atoms with E-state index in [4.69, 9.17) is 0 Å². The molecule has 6 heteroatoms. The predicted octanol–water partition coefficient (Wildman–Crippen LogP) is 2.83. The van der Waals surface area contributed by atoms with Crippen molar-refractivity contribution < 1.29 is 0 Å². The second kappa shape index (κ2) is 6.10. The number of nitrogens with zero attached hydrogens (tertiary/aromatic N) is 4. The highest BCUT2D eigenvalue weighted by molar-refractivity contribution is 9.10. The van der Waals surface area contributed by atoms with Crippen molar-refractivity contribution in [1.82, 2.24) is 24.9 Å². The first-order valence-electron chi connectivity index (χ1n) is 6.92. The first-order valence-corrected chi connectivity index (χ1v) is 7.71. The maximum atomic E-state index is 4.54. The molecular weight excluding hydrogens is 318 g/mol. The molecule has 2 aromatic rings. The molecule has 0 aliphatic rings. The van der Waals surface area contributed by atoms with Crippen LogP contribution in [0.15, 0.2) is 16.9 Å². The molecule has 1 N–H and O–H groups in total. The lowest BCUT2D eigenvalue weighted by atomic mass is 10.0. The second-order valence-corrected chi connectivity index (χ2v) is 6.05. The lowest BCUT2D eigenvalue weighted by Gasteiger charge is -2.20. The lowest BCUT2D eigenvalue weighted by Crippen LogP contribution is -2.23. The van der Waals surface area contributed by atoms with Crippen LogP contribution in [0.3, 0.4) is 0 Å². The Kier molecular flexibility index (Phi) is 4.65. The highest BCUT2D eigenvalue weighted by atomic mass is 79.9. The van der Waals surface area contributed by atoms with E-state index in [0.29, 0.717) is 6.04 Å². The molecule has 2 rings (SSSR count). The third kappa shape index (κ3) is 2.67. The summed E-state index contributed by atoms with van der Waals surface area (Å²) < 4.78 is 4.96. The van der Waals surface area contributed by atoms with E-state index in [1.165, 1.54) is 5.56 Å². The van der Waals surface area contributed by atoms with E-state index in [1.54, 1.807) is 0 Å². The third-order valence-electron chi connectivity index (χ3n) is 3.42. The van der Waals surface area contributed by atoms with Crippen LogP contribution in [0.25, 0.3) is 0 Å². The SMILES string of the molecule is CCc1nn(C)cc1C(NC)c1c(Br)cnn1C(C)C. The van der Waals surface area contributed by atoms with Gasteiger partial charge in [-0.3, -0.25) is 9.36 Å². The average molecular weight is 340 g/mol. The van der Waals surface area contributed by atoms with Crippen molar-refractivity contribution in [2.75, 3.05) is 7.05 Å². The van der Waals surface area contributed by atoms with E-state index in [1.807, 2.05) is 25.0 Å². The third-order valence-corrected chi connectivity index (χ3v) is 4.03. The highest BCUT2D eigenvalue weighted by Crippen LogP contribution is 2.31. The molecule has 110 valence electrons. The van der Waals surface area contributed by atoms with Gasteiger partial charge in [0.2, 0.25) is 0 Å². The van der Waals surface area contributed by atoms with Gasteiger partial charge in [0.25, 0.3) is 0 Å². The first kappa shape index (κ1) is 15.3. The van der Waals surface area contributed by atoms with Gasteiger partial charge in [-0.15, -0.1) is 0 Å². The molecule has 0 saturated carbocycles. The van der Waals surface area contributed by atoms with Crippen LogP contribution < -0.4 is 5.32 Å². The first-order chi connectivity index (χ1) is 9.49. The molecule has 0 saturated heterocycles. The van der Waals surface area contributed by atoms with Gasteiger partial charge in [0.15, 0.2) is 0 Å². The Bertz CT molecular complexity index is 584. The zero-order valence-corrected chi connectivity index (χ0v) is 14.3. The van der Waals surface area contributed by atoms with Gasteiger partial charge in [-0.2, -0.15) is 10.2 Å². The Morgan fingerprint density at radius 2 is 2.10 bits per heavy atom. The maximum absolute atomic E-state index is 4.54. The quantitative estimate of drug-likeness (QED) is 0.911. The zero-order chi connectivity index (χ0) is 14.9. The summed E-state index contributed by atoms with van der Waals surface area (Å²) >= 11 is 3.63. The zero-order valence-electron chi connectivity index (χ0n) is 12.7. The Morgan fingerprint density at radius 1 is 1.40 bits per heavy atom. The molecule has 1 unspecified atom stereocenters. The average Bonchev–Trinajstić information content (AvgIpc) is 2.95. The molecule has 5 nitrogen and oxygen atoms in total. The van der Waals surface area contributed by atoms with Gasteiger partial charge in [0.05, 0.1) is 28.1 Å². The van der Waals surface area contributed by atoms with Crippen molar-refractivity contribution in [3.8, 4) is 0 Å². The Hall–Kier alpha value is -1.14. The fraction of sp³-hybridized carbons (Fsp3) is 0.571. The topological polar surface area (TPSA) is 47.7 Å². The lowest BCUT2D eigenvalue weighted by molar-refractivity contribution is 0.482. The van der Waals surface area contributed by atoms with Crippen LogP contribution in [0, 0.1) is 0 Å². The van der Waals surface area contributed by atoms with Crippen LogP contribution in [0.5, 0.6) is 0 Å². The van der Waals surface area contributed by atoms with Crippen molar-refractivity contribution in [3.63, 3.8) is 0 Å². The van der Waals surface area contributed by atoms with Crippen LogP contribution in [0.4, 0.5) is 0 Å². The van der Waals surface area contributed by atoms with Gasteiger partial charge >= 0.3 is 0 Å². The molecule has 0 amide bonds. The van der Waals surface area contributed by atoms with E-state index in [-0.39, 0.29) is 6.04 Å². The van der Waals surface area contributed by atoms with Crippen LogP contribution in [0.1, 0.15) is 49.8 Å². The molecule has 0 aliphatic carbocycles. The van der Waals surface area contributed by atoms with E-state index >= 15 is 0 Å². The van der Waals surface area contributed by atoms with Crippen molar-refractivity contribution in [2.24, 2.45) is 7.05 Å². The predicted molar refractivity (Wildman–Crippen MR) is 83.8 cm³/mol.